The molecule has 1 aliphatic rings. The summed E-state index contributed by atoms with van der Waals surface area (Å²) in [4.78, 5) is 27.4. The predicted octanol–water partition coefficient (Wildman–Crippen LogP) is 1.79. The maximum atomic E-state index is 12.6. The second-order valence-corrected chi connectivity index (χ2v) is 7.86. The summed E-state index contributed by atoms with van der Waals surface area (Å²) in [7, 11) is 0. The average molecular weight is 411 g/mol. The van der Waals surface area contributed by atoms with Crippen molar-refractivity contribution in [3.63, 3.8) is 0 Å². The Labute approximate surface area is 172 Å². The quantitative estimate of drug-likeness (QED) is 0.666. The number of hydrogen-bond acceptors (Lipinski definition) is 7. The van der Waals surface area contributed by atoms with Crippen LogP contribution in [0.25, 0.3) is 10.6 Å². The number of amides is 1. The third kappa shape index (κ3) is 4.68. The summed E-state index contributed by atoms with van der Waals surface area (Å²) in [6.45, 7) is 2.21. The van der Waals surface area contributed by atoms with Gasteiger partial charge in [-0.05, 0) is 42.5 Å². The first-order valence-corrected chi connectivity index (χ1v) is 10.5. The topological polar surface area (TPSA) is 93.0 Å². The summed E-state index contributed by atoms with van der Waals surface area (Å²) < 4.78 is 1.35. The molecule has 3 aromatic rings. The fourth-order valence-electron chi connectivity index (χ4n) is 3.43. The molecule has 0 radical (unpaired) electrons. The minimum atomic E-state index is -0.171. The first-order chi connectivity index (χ1) is 14.2. The van der Waals surface area contributed by atoms with E-state index in [4.69, 9.17) is 0 Å². The van der Waals surface area contributed by atoms with Gasteiger partial charge in [0.15, 0.2) is 5.82 Å². The fourth-order valence-corrected chi connectivity index (χ4v) is 4.12. The zero-order chi connectivity index (χ0) is 20.1. The van der Waals surface area contributed by atoms with Gasteiger partial charge < -0.3 is 10.2 Å². The van der Waals surface area contributed by atoms with E-state index >= 15 is 0 Å². The Morgan fingerprint density at radius 3 is 2.90 bits per heavy atom. The van der Waals surface area contributed by atoms with Crippen LogP contribution in [0.3, 0.4) is 0 Å². The molecule has 8 nitrogen and oxygen atoms in total. The van der Waals surface area contributed by atoms with E-state index in [1.807, 2.05) is 29.6 Å². The van der Waals surface area contributed by atoms with Gasteiger partial charge in [0.1, 0.15) is 5.69 Å². The fraction of sp³-hybridized carbons (Fsp3) is 0.350. The van der Waals surface area contributed by atoms with Crippen LogP contribution < -0.4 is 15.8 Å². The van der Waals surface area contributed by atoms with Crippen molar-refractivity contribution in [2.75, 3.05) is 24.5 Å². The third-order valence-corrected chi connectivity index (χ3v) is 5.84. The Morgan fingerprint density at radius 2 is 2.14 bits per heavy atom. The minimum Gasteiger partial charge on any atom is -0.354 e. The van der Waals surface area contributed by atoms with Gasteiger partial charge in [0.25, 0.3) is 5.56 Å². The van der Waals surface area contributed by atoms with Crippen molar-refractivity contribution in [2.24, 2.45) is 5.92 Å². The molecule has 4 rings (SSSR count). The van der Waals surface area contributed by atoms with E-state index in [-0.39, 0.29) is 17.4 Å². The van der Waals surface area contributed by atoms with Gasteiger partial charge in [0.05, 0.1) is 17.3 Å². The highest BCUT2D eigenvalue weighted by atomic mass is 32.1. The van der Waals surface area contributed by atoms with Crippen LogP contribution in [0.5, 0.6) is 0 Å². The number of piperidine rings is 1. The minimum absolute atomic E-state index is 0.00171. The van der Waals surface area contributed by atoms with E-state index in [1.165, 1.54) is 10.7 Å². The highest BCUT2D eigenvalue weighted by Crippen LogP contribution is 2.25. The lowest BCUT2D eigenvalue weighted by Crippen LogP contribution is -2.44. The van der Waals surface area contributed by atoms with Crippen molar-refractivity contribution in [3.05, 3.63) is 58.3 Å². The normalized spacial score (nSPS) is 16.6. The van der Waals surface area contributed by atoms with Crippen LogP contribution in [-0.4, -0.2) is 45.5 Å². The maximum Gasteiger partial charge on any atom is 0.266 e. The second-order valence-electron chi connectivity index (χ2n) is 6.92. The van der Waals surface area contributed by atoms with Crippen molar-refractivity contribution in [3.8, 4) is 10.6 Å². The van der Waals surface area contributed by atoms with Crippen molar-refractivity contribution < 1.29 is 4.79 Å². The molecule has 1 unspecified atom stereocenters. The zero-order valence-electron chi connectivity index (χ0n) is 15.9. The summed E-state index contributed by atoms with van der Waals surface area (Å²) in [6, 6.07) is 11.0. The number of nitrogens with one attached hydrogen (secondary N) is 1. The molecule has 150 valence electrons. The monoisotopic (exact) mass is 410 g/mol. The highest BCUT2D eigenvalue weighted by molar-refractivity contribution is 7.13. The Morgan fingerprint density at radius 1 is 1.21 bits per heavy atom. The largest absolute Gasteiger partial charge is 0.354 e. The lowest BCUT2D eigenvalue weighted by Gasteiger charge is -2.32. The van der Waals surface area contributed by atoms with E-state index in [0.29, 0.717) is 19.6 Å². The molecule has 1 saturated heterocycles. The number of rotatable bonds is 6. The van der Waals surface area contributed by atoms with E-state index in [1.54, 1.807) is 23.6 Å². The number of nitrogens with zero attached hydrogens (tertiary/aromatic N) is 5. The van der Waals surface area contributed by atoms with Crippen LogP contribution in [0.15, 0.2) is 52.8 Å². The average Bonchev–Trinajstić information content (AvgIpc) is 3.30. The van der Waals surface area contributed by atoms with E-state index in [2.05, 4.69) is 25.5 Å². The third-order valence-electron chi connectivity index (χ3n) is 4.95. The number of aromatic nitrogens is 4. The highest BCUT2D eigenvalue weighted by Gasteiger charge is 2.26. The van der Waals surface area contributed by atoms with E-state index < -0.39 is 0 Å². The van der Waals surface area contributed by atoms with Crippen LogP contribution in [0, 0.1) is 5.92 Å². The Balaban J connectivity index is 1.32. The van der Waals surface area contributed by atoms with Gasteiger partial charge in [0, 0.05) is 31.9 Å². The first kappa shape index (κ1) is 19.3. The van der Waals surface area contributed by atoms with Gasteiger partial charge in [-0.3, -0.25) is 9.59 Å². The molecule has 4 heterocycles. The molecule has 9 heteroatoms. The number of carbonyl (C=O) groups excluding carboxylic acids is 1. The molecule has 1 fully saturated rings. The summed E-state index contributed by atoms with van der Waals surface area (Å²) in [6.07, 6.45) is 3.33. The Bertz CT molecular complexity index is 1000. The first-order valence-electron chi connectivity index (χ1n) is 9.63. The Hall–Kier alpha value is -3.07. The summed E-state index contributed by atoms with van der Waals surface area (Å²) in [5, 5.41) is 17.6. The zero-order valence-corrected chi connectivity index (χ0v) is 16.7. The van der Waals surface area contributed by atoms with E-state index in [0.717, 1.165) is 35.8 Å². The van der Waals surface area contributed by atoms with Gasteiger partial charge >= 0.3 is 0 Å². The molecule has 0 aliphatic carbocycles. The van der Waals surface area contributed by atoms with E-state index in [9.17, 15) is 9.59 Å². The molecule has 3 aromatic heterocycles. The number of hydrogen-bond donors (Lipinski definition) is 1. The van der Waals surface area contributed by atoms with Crippen molar-refractivity contribution >= 4 is 23.1 Å². The molecule has 0 aromatic carbocycles. The lowest BCUT2D eigenvalue weighted by molar-refractivity contribution is -0.125. The molecule has 29 heavy (non-hydrogen) atoms. The molecule has 0 saturated carbocycles. The molecule has 0 bridgehead atoms. The summed E-state index contributed by atoms with van der Waals surface area (Å²) in [5.41, 5.74) is 0.690. The standard InChI is InChI=1S/C20H22N6O2S/c27-19-6-1-9-22-26(19)12-10-21-20(28)15-4-2-11-25(14-15)18-8-7-16(23-24-18)17-5-3-13-29-17/h1,3,5-9,13,15H,2,4,10-12,14H2,(H,21,28). The van der Waals surface area contributed by atoms with Crippen LogP contribution in [0.1, 0.15) is 12.8 Å². The molecule has 1 aliphatic heterocycles. The molecule has 1 N–H and O–H groups in total. The van der Waals surface area contributed by atoms with Gasteiger partial charge in [-0.2, -0.15) is 5.10 Å². The van der Waals surface area contributed by atoms with Crippen LogP contribution in [0.2, 0.25) is 0 Å². The SMILES string of the molecule is O=C(NCCn1ncccc1=O)C1CCCN(c2ccc(-c3cccs3)nn2)C1. The molecular formula is C20H22N6O2S. The van der Waals surface area contributed by atoms with Crippen LogP contribution in [0.4, 0.5) is 5.82 Å². The smallest absolute Gasteiger partial charge is 0.266 e. The maximum absolute atomic E-state index is 12.6. The second kappa shape index (κ2) is 8.95. The summed E-state index contributed by atoms with van der Waals surface area (Å²) in [5.74, 6) is 0.688. The van der Waals surface area contributed by atoms with Gasteiger partial charge in [0.2, 0.25) is 5.91 Å². The van der Waals surface area contributed by atoms with Gasteiger partial charge in [-0.25, -0.2) is 4.68 Å². The number of thiophene rings is 1. The van der Waals surface area contributed by atoms with Crippen LogP contribution in [-0.2, 0) is 11.3 Å². The molecule has 1 atom stereocenters. The van der Waals surface area contributed by atoms with Crippen molar-refractivity contribution in [2.45, 2.75) is 19.4 Å². The van der Waals surface area contributed by atoms with Gasteiger partial charge in [-0.1, -0.05) is 6.07 Å². The molecule has 1 amide bonds. The van der Waals surface area contributed by atoms with Gasteiger partial charge in [-0.15, -0.1) is 21.5 Å². The number of anilines is 1. The predicted molar refractivity (Wildman–Crippen MR) is 112 cm³/mol. The van der Waals surface area contributed by atoms with Crippen molar-refractivity contribution in [1.82, 2.24) is 25.3 Å². The van der Waals surface area contributed by atoms with Crippen LogP contribution >= 0.6 is 11.3 Å². The molecular weight excluding hydrogens is 388 g/mol. The lowest BCUT2D eigenvalue weighted by atomic mass is 9.97. The molecule has 0 spiro atoms. The summed E-state index contributed by atoms with van der Waals surface area (Å²) >= 11 is 1.63. The van der Waals surface area contributed by atoms with Crippen molar-refractivity contribution in [1.29, 1.82) is 0 Å². The Kier molecular flexibility index (Phi) is 5.95. The number of carbonyl (C=O) groups is 1.